The molecule has 4 nitrogen and oxygen atoms in total. The van der Waals surface area contributed by atoms with Crippen molar-refractivity contribution in [2.75, 3.05) is 0 Å². The first-order chi connectivity index (χ1) is 13.2. The number of aliphatic carboxylic acids is 1. The molecule has 0 aromatic heterocycles. The lowest BCUT2D eigenvalue weighted by atomic mass is 9.43. The number of rotatable bonds is 4. The monoisotopic (exact) mass is 392 g/mol. The maximum Gasteiger partial charge on any atom is 0.303 e. The molecule has 10 atom stereocenters. The van der Waals surface area contributed by atoms with Gasteiger partial charge in [-0.3, -0.25) is 4.79 Å². The van der Waals surface area contributed by atoms with Gasteiger partial charge in [0, 0.05) is 6.42 Å². The van der Waals surface area contributed by atoms with Gasteiger partial charge in [0.05, 0.1) is 12.2 Å². The minimum atomic E-state index is -0.684. The van der Waals surface area contributed by atoms with E-state index in [-0.39, 0.29) is 29.5 Å². The van der Waals surface area contributed by atoms with Crippen molar-refractivity contribution in [1.29, 1.82) is 0 Å². The normalized spacial score (nSPS) is 51.7. The molecule has 0 spiro atoms. The number of aliphatic hydroxyl groups excluding tert-OH is 2. The van der Waals surface area contributed by atoms with Crippen molar-refractivity contribution in [1.82, 2.24) is 0 Å². The molecule has 0 amide bonds. The first-order valence-electron chi connectivity index (χ1n) is 11.7. The van der Waals surface area contributed by atoms with Crippen molar-refractivity contribution >= 4 is 5.97 Å². The Labute approximate surface area is 170 Å². The fourth-order valence-corrected chi connectivity index (χ4v) is 8.73. The van der Waals surface area contributed by atoms with Gasteiger partial charge in [-0.15, -0.1) is 0 Å². The summed E-state index contributed by atoms with van der Waals surface area (Å²) in [5, 5.41) is 30.5. The molecule has 0 aromatic carbocycles. The van der Waals surface area contributed by atoms with Crippen molar-refractivity contribution in [3.05, 3.63) is 0 Å². The van der Waals surface area contributed by atoms with E-state index in [9.17, 15) is 15.0 Å². The van der Waals surface area contributed by atoms with E-state index >= 15 is 0 Å². The zero-order valence-corrected chi connectivity index (χ0v) is 17.9. The molecular formula is C24H40O4. The highest BCUT2D eigenvalue weighted by molar-refractivity contribution is 5.66. The number of carboxylic acid groups (broad SMARTS) is 1. The van der Waals surface area contributed by atoms with E-state index in [1.807, 2.05) is 0 Å². The smallest absolute Gasteiger partial charge is 0.303 e. The van der Waals surface area contributed by atoms with Crippen LogP contribution in [0.4, 0.5) is 0 Å². The molecule has 0 aromatic rings. The van der Waals surface area contributed by atoms with E-state index in [1.165, 1.54) is 25.7 Å². The van der Waals surface area contributed by atoms with Gasteiger partial charge in [0.2, 0.25) is 0 Å². The summed E-state index contributed by atoms with van der Waals surface area (Å²) in [6.07, 6.45) is 9.19. The molecular weight excluding hydrogens is 352 g/mol. The number of hydrogen-bond acceptors (Lipinski definition) is 3. The second kappa shape index (κ2) is 7.27. The van der Waals surface area contributed by atoms with Gasteiger partial charge in [-0.2, -0.15) is 0 Å². The van der Waals surface area contributed by atoms with Crippen molar-refractivity contribution in [3.8, 4) is 0 Å². The number of carbonyl (C=O) groups is 1. The number of aliphatic hydroxyl groups is 2. The lowest BCUT2D eigenvalue weighted by Gasteiger charge is -2.62. The summed E-state index contributed by atoms with van der Waals surface area (Å²) in [6.45, 7) is 7.16. The van der Waals surface area contributed by atoms with Crippen LogP contribution in [0.3, 0.4) is 0 Å². The SMILES string of the molecule is CC(CCC(=O)O)C1CC[C@H]2C3[C@H](O)CC4C[C@H](O)CCC4(C)[C@H]3CCC12C. The topological polar surface area (TPSA) is 77.8 Å². The van der Waals surface area contributed by atoms with Crippen LogP contribution in [0.5, 0.6) is 0 Å². The van der Waals surface area contributed by atoms with E-state index in [1.54, 1.807) is 0 Å². The Balaban J connectivity index is 1.55. The van der Waals surface area contributed by atoms with Crippen LogP contribution in [0.1, 0.15) is 85.0 Å². The van der Waals surface area contributed by atoms with E-state index in [0.29, 0.717) is 35.5 Å². The molecule has 6 unspecified atom stereocenters. The van der Waals surface area contributed by atoms with Crippen molar-refractivity contribution in [2.45, 2.75) is 97.2 Å². The van der Waals surface area contributed by atoms with Crippen LogP contribution >= 0.6 is 0 Å². The largest absolute Gasteiger partial charge is 0.481 e. The van der Waals surface area contributed by atoms with Gasteiger partial charge in [0.25, 0.3) is 0 Å². The Morgan fingerprint density at radius 1 is 1.00 bits per heavy atom. The maximum absolute atomic E-state index is 11.2. The quantitative estimate of drug-likeness (QED) is 0.659. The molecule has 0 aliphatic heterocycles. The molecule has 4 aliphatic carbocycles. The highest BCUT2D eigenvalue weighted by Crippen LogP contribution is 2.68. The Hall–Kier alpha value is -0.610. The van der Waals surface area contributed by atoms with Crippen LogP contribution in [0, 0.1) is 46.3 Å². The predicted molar refractivity (Wildman–Crippen MR) is 109 cm³/mol. The summed E-state index contributed by atoms with van der Waals surface area (Å²) < 4.78 is 0. The lowest BCUT2D eigenvalue weighted by Crippen LogP contribution is -2.58. The highest BCUT2D eigenvalue weighted by Gasteiger charge is 2.62. The molecule has 3 N–H and O–H groups in total. The van der Waals surface area contributed by atoms with E-state index in [0.717, 1.165) is 32.1 Å². The second-order valence-corrected chi connectivity index (χ2v) is 11.4. The minimum Gasteiger partial charge on any atom is -0.481 e. The Morgan fingerprint density at radius 2 is 1.68 bits per heavy atom. The Bertz CT molecular complexity index is 605. The van der Waals surface area contributed by atoms with Gasteiger partial charge in [-0.1, -0.05) is 20.8 Å². The standard InChI is InChI=1S/C24H40O4/c1-14(4-7-21(27)28)17-5-6-18-22-19(9-11-24(17,18)3)23(2)10-8-16(25)12-15(23)13-20(22)26/h14-20,22,25-26H,4-13H2,1-3H3,(H,27,28)/t14?,15?,16-,17?,18+,19+,20-,22?,23?,24?/m1/s1. The molecule has 0 heterocycles. The molecule has 4 aliphatic rings. The van der Waals surface area contributed by atoms with E-state index < -0.39 is 5.97 Å². The molecule has 0 radical (unpaired) electrons. The zero-order chi connectivity index (χ0) is 20.3. The molecule has 4 rings (SSSR count). The number of carboxylic acids is 1. The van der Waals surface area contributed by atoms with Crippen molar-refractivity contribution < 1.29 is 20.1 Å². The summed E-state index contributed by atoms with van der Waals surface area (Å²) in [6, 6.07) is 0. The predicted octanol–water partition coefficient (Wildman–Crippen LogP) is 4.48. The third-order valence-corrected chi connectivity index (χ3v) is 10.2. The van der Waals surface area contributed by atoms with E-state index in [4.69, 9.17) is 5.11 Å². The molecule has 0 bridgehead atoms. The summed E-state index contributed by atoms with van der Waals surface area (Å²) in [5.41, 5.74) is 0.523. The van der Waals surface area contributed by atoms with Crippen LogP contribution in [-0.4, -0.2) is 33.5 Å². The van der Waals surface area contributed by atoms with Crippen molar-refractivity contribution in [2.24, 2.45) is 46.3 Å². The molecule has 4 fully saturated rings. The van der Waals surface area contributed by atoms with Crippen molar-refractivity contribution in [3.63, 3.8) is 0 Å². The van der Waals surface area contributed by atoms with Crippen LogP contribution < -0.4 is 0 Å². The van der Waals surface area contributed by atoms with Crippen LogP contribution in [-0.2, 0) is 4.79 Å². The Morgan fingerprint density at radius 3 is 2.39 bits per heavy atom. The van der Waals surface area contributed by atoms with Gasteiger partial charge in [-0.25, -0.2) is 0 Å². The second-order valence-electron chi connectivity index (χ2n) is 11.4. The van der Waals surface area contributed by atoms with Crippen LogP contribution in [0.15, 0.2) is 0 Å². The molecule has 160 valence electrons. The minimum absolute atomic E-state index is 0.179. The third kappa shape index (κ3) is 3.14. The van der Waals surface area contributed by atoms with E-state index in [2.05, 4.69) is 20.8 Å². The van der Waals surface area contributed by atoms with Gasteiger partial charge in [-0.05, 0) is 104 Å². The molecule has 4 heteroatoms. The Kier molecular flexibility index (Phi) is 5.36. The van der Waals surface area contributed by atoms with Crippen LogP contribution in [0.25, 0.3) is 0 Å². The average molecular weight is 393 g/mol. The van der Waals surface area contributed by atoms with Gasteiger partial charge < -0.3 is 15.3 Å². The maximum atomic E-state index is 11.2. The molecule has 28 heavy (non-hydrogen) atoms. The summed E-state index contributed by atoms with van der Waals surface area (Å²) in [5.74, 6) is 2.36. The summed E-state index contributed by atoms with van der Waals surface area (Å²) >= 11 is 0. The fourth-order valence-electron chi connectivity index (χ4n) is 8.73. The fraction of sp³-hybridized carbons (Fsp3) is 0.958. The first-order valence-corrected chi connectivity index (χ1v) is 11.7. The molecule has 4 saturated carbocycles. The van der Waals surface area contributed by atoms with Gasteiger partial charge in [0.15, 0.2) is 0 Å². The van der Waals surface area contributed by atoms with Crippen LogP contribution in [0.2, 0.25) is 0 Å². The average Bonchev–Trinajstić information content (AvgIpc) is 2.98. The van der Waals surface area contributed by atoms with Gasteiger partial charge >= 0.3 is 5.97 Å². The summed E-state index contributed by atoms with van der Waals surface area (Å²) in [7, 11) is 0. The first kappa shape index (κ1) is 20.7. The zero-order valence-electron chi connectivity index (χ0n) is 17.9. The summed E-state index contributed by atoms with van der Waals surface area (Å²) in [4.78, 5) is 11.1. The number of fused-ring (bicyclic) bond motifs is 5. The molecule has 0 saturated heterocycles. The van der Waals surface area contributed by atoms with Gasteiger partial charge in [0.1, 0.15) is 0 Å². The lowest BCUT2D eigenvalue weighted by molar-refractivity contribution is -0.174. The number of hydrogen-bond donors (Lipinski definition) is 3. The highest BCUT2D eigenvalue weighted by atomic mass is 16.4. The third-order valence-electron chi connectivity index (χ3n) is 10.2.